The number of oxazole rings is 1. The molecule has 0 saturated heterocycles. The van der Waals surface area contributed by atoms with Crippen molar-refractivity contribution in [3.05, 3.63) is 64.4 Å². The first-order chi connectivity index (χ1) is 10.9. The van der Waals surface area contributed by atoms with Gasteiger partial charge < -0.3 is 9.52 Å². The largest absolute Gasteiger partial charge is 0.480 e. The van der Waals surface area contributed by atoms with Gasteiger partial charge >= 0.3 is 5.97 Å². The Morgan fingerprint density at radius 1 is 1.39 bits per heavy atom. The number of halogens is 2. The van der Waals surface area contributed by atoms with E-state index in [2.05, 4.69) is 4.98 Å². The maximum absolute atomic E-state index is 14.2. The first-order valence-corrected chi connectivity index (χ1v) is 7.80. The van der Waals surface area contributed by atoms with Crippen LogP contribution in [0.4, 0.5) is 4.39 Å². The summed E-state index contributed by atoms with van der Waals surface area (Å²) in [5.41, 5.74) is -0.502. The van der Waals surface area contributed by atoms with Gasteiger partial charge in [-0.1, -0.05) is 17.7 Å². The van der Waals surface area contributed by atoms with Crippen LogP contribution in [0.5, 0.6) is 0 Å². The van der Waals surface area contributed by atoms with Gasteiger partial charge in [-0.15, -0.1) is 11.3 Å². The molecule has 0 aliphatic rings. The molecule has 0 spiro atoms. The van der Waals surface area contributed by atoms with Crippen molar-refractivity contribution in [2.45, 2.75) is 12.3 Å². The summed E-state index contributed by atoms with van der Waals surface area (Å²) in [6, 6.07) is 7.57. The maximum atomic E-state index is 14.2. The van der Waals surface area contributed by atoms with Gasteiger partial charge in [-0.25, -0.2) is 9.37 Å². The number of carbonyl (C=O) groups is 1. The number of hydrogen-bond donors (Lipinski definition) is 1. The normalized spacial score (nSPS) is 13.7. The number of rotatable bonds is 4. The highest BCUT2D eigenvalue weighted by Crippen LogP contribution is 2.37. The van der Waals surface area contributed by atoms with Crippen LogP contribution < -0.4 is 0 Å². The zero-order valence-electron chi connectivity index (χ0n) is 11.9. The summed E-state index contributed by atoms with van der Waals surface area (Å²) in [7, 11) is 0. The predicted octanol–water partition coefficient (Wildman–Crippen LogP) is 4.59. The lowest BCUT2D eigenvalue weighted by Crippen LogP contribution is -2.34. The molecule has 1 N–H and O–H groups in total. The Kier molecular flexibility index (Phi) is 3.95. The number of hydrogen-bond acceptors (Lipinski definition) is 4. The molecule has 1 atom stereocenters. The molecule has 2 heterocycles. The van der Waals surface area contributed by atoms with E-state index < -0.39 is 17.2 Å². The lowest BCUT2D eigenvalue weighted by atomic mass is 9.79. The van der Waals surface area contributed by atoms with E-state index in [-0.39, 0.29) is 5.69 Å². The standard InChI is InChI=1S/C16H11ClFNO3S/c1-16(15(20)21,13-7-22-8-19-13)9-2-3-11(18)10(6-9)12-4-5-14(17)23-12/h2-8H,1H3,(H,20,21). The molecule has 0 bridgehead atoms. The van der Waals surface area contributed by atoms with Gasteiger partial charge in [0, 0.05) is 10.4 Å². The molecule has 0 saturated carbocycles. The number of benzene rings is 1. The summed E-state index contributed by atoms with van der Waals surface area (Å²) < 4.78 is 19.6. The van der Waals surface area contributed by atoms with E-state index in [4.69, 9.17) is 16.0 Å². The van der Waals surface area contributed by atoms with E-state index in [1.54, 1.807) is 12.1 Å². The molecule has 3 aromatic rings. The van der Waals surface area contributed by atoms with Gasteiger partial charge in [-0.3, -0.25) is 4.79 Å². The van der Waals surface area contributed by atoms with Crippen LogP contribution in [0.3, 0.4) is 0 Å². The zero-order valence-corrected chi connectivity index (χ0v) is 13.5. The minimum Gasteiger partial charge on any atom is -0.480 e. The van der Waals surface area contributed by atoms with Crippen molar-refractivity contribution < 1.29 is 18.7 Å². The predicted molar refractivity (Wildman–Crippen MR) is 85.3 cm³/mol. The topological polar surface area (TPSA) is 63.3 Å². The average Bonchev–Trinajstić information content (AvgIpc) is 3.18. The fraction of sp³-hybridized carbons (Fsp3) is 0.125. The Hall–Kier alpha value is -2.18. The van der Waals surface area contributed by atoms with Crippen LogP contribution in [0.2, 0.25) is 4.34 Å². The third-order valence-corrected chi connectivity index (χ3v) is 5.02. The Morgan fingerprint density at radius 3 is 2.74 bits per heavy atom. The maximum Gasteiger partial charge on any atom is 0.320 e. The van der Waals surface area contributed by atoms with Crippen molar-refractivity contribution in [1.82, 2.24) is 4.98 Å². The third kappa shape index (κ3) is 2.64. The SMILES string of the molecule is CC(C(=O)O)(c1ccc(F)c(-c2ccc(Cl)s2)c1)c1cocn1. The fourth-order valence-corrected chi connectivity index (χ4v) is 3.39. The lowest BCUT2D eigenvalue weighted by Gasteiger charge is -2.23. The molecule has 1 unspecified atom stereocenters. The van der Waals surface area contributed by atoms with Crippen molar-refractivity contribution in [1.29, 1.82) is 0 Å². The van der Waals surface area contributed by atoms with Crippen molar-refractivity contribution in [3.8, 4) is 10.4 Å². The molecule has 23 heavy (non-hydrogen) atoms. The molecule has 0 aliphatic heterocycles. The molecule has 7 heteroatoms. The molecule has 4 nitrogen and oxygen atoms in total. The van der Waals surface area contributed by atoms with Gasteiger partial charge in [-0.2, -0.15) is 0 Å². The van der Waals surface area contributed by atoms with E-state index in [0.29, 0.717) is 20.3 Å². The minimum absolute atomic E-state index is 0.242. The Labute approximate surface area is 140 Å². The van der Waals surface area contributed by atoms with Crippen molar-refractivity contribution in [3.63, 3.8) is 0 Å². The quantitative estimate of drug-likeness (QED) is 0.747. The number of nitrogens with zero attached hydrogens (tertiary/aromatic N) is 1. The first-order valence-electron chi connectivity index (χ1n) is 6.60. The van der Waals surface area contributed by atoms with Crippen LogP contribution in [0.1, 0.15) is 18.2 Å². The summed E-state index contributed by atoms with van der Waals surface area (Å²) in [4.78, 5) is 16.4. The second kappa shape index (κ2) is 5.79. The smallest absolute Gasteiger partial charge is 0.320 e. The second-order valence-corrected chi connectivity index (χ2v) is 6.82. The van der Waals surface area contributed by atoms with E-state index in [1.807, 2.05) is 0 Å². The van der Waals surface area contributed by atoms with E-state index in [1.165, 1.54) is 49.1 Å². The van der Waals surface area contributed by atoms with Crippen molar-refractivity contribution >= 4 is 28.9 Å². The van der Waals surface area contributed by atoms with Gasteiger partial charge in [0.05, 0.1) is 4.34 Å². The number of carboxylic acid groups (broad SMARTS) is 1. The zero-order chi connectivity index (χ0) is 16.6. The van der Waals surface area contributed by atoms with Crippen LogP contribution in [0.25, 0.3) is 10.4 Å². The average molecular weight is 352 g/mol. The third-order valence-electron chi connectivity index (χ3n) is 3.75. The van der Waals surface area contributed by atoms with E-state index >= 15 is 0 Å². The molecule has 3 rings (SSSR count). The lowest BCUT2D eigenvalue weighted by molar-refractivity contribution is -0.141. The molecule has 0 radical (unpaired) electrons. The molecular weight excluding hydrogens is 341 g/mol. The molecule has 0 fully saturated rings. The van der Waals surface area contributed by atoms with Gasteiger partial charge in [0.2, 0.25) is 0 Å². The van der Waals surface area contributed by atoms with Crippen molar-refractivity contribution in [2.24, 2.45) is 0 Å². The van der Waals surface area contributed by atoms with Crippen LogP contribution in [0.15, 0.2) is 47.4 Å². The molecule has 118 valence electrons. The molecule has 0 amide bonds. The monoisotopic (exact) mass is 351 g/mol. The summed E-state index contributed by atoms with van der Waals surface area (Å²) in [5, 5.41) is 9.70. The number of carboxylic acids is 1. The molecule has 0 aliphatic carbocycles. The van der Waals surface area contributed by atoms with Gasteiger partial charge in [0.15, 0.2) is 6.39 Å². The van der Waals surface area contributed by atoms with Crippen LogP contribution in [-0.2, 0) is 10.2 Å². The highest BCUT2D eigenvalue weighted by atomic mass is 35.5. The van der Waals surface area contributed by atoms with Gasteiger partial charge in [0.25, 0.3) is 0 Å². The number of aliphatic carboxylic acids is 1. The Balaban J connectivity index is 2.18. The minimum atomic E-state index is -1.45. The Morgan fingerprint density at radius 2 is 2.17 bits per heavy atom. The van der Waals surface area contributed by atoms with Gasteiger partial charge in [-0.05, 0) is 36.8 Å². The molecule has 2 aromatic heterocycles. The summed E-state index contributed by atoms with van der Waals surface area (Å²) in [6.45, 7) is 1.51. The van der Waals surface area contributed by atoms with Crippen molar-refractivity contribution in [2.75, 3.05) is 0 Å². The van der Waals surface area contributed by atoms with Crippen LogP contribution in [-0.4, -0.2) is 16.1 Å². The fourth-order valence-electron chi connectivity index (χ4n) is 2.32. The van der Waals surface area contributed by atoms with Crippen LogP contribution in [0, 0.1) is 5.82 Å². The van der Waals surface area contributed by atoms with Gasteiger partial charge in [0.1, 0.15) is 23.2 Å². The second-order valence-electron chi connectivity index (χ2n) is 5.10. The number of thiophene rings is 1. The summed E-state index contributed by atoms with van der Waals surface area (Å²) in [6.07, 6.45) is 2.44. The van der Waals surface area contributed by atoms with Crippen LogP contribution >= 0.6 is 22.9 Å². The molecular formula is C16H11ClFNO3S. The summed E-state index contributed by atoms with van der Waals surface area (Å²) in [5.74, 6) is -1.55. The van der Waals surface area contributed by atoms with E-state index in [0.717, 1.165) is 0 Å². The first kappa shape index (κ1) is 15.7. The Bertz CT molecular complexity index is 862. The number of aromatic nitrogens is 1. The highest BCUT2D eigenvalue weighted by molar-refractivity contribution is 7.19. The summed E-state index contributed by atoms with van der Waals surface area (Å²) >= 11 is 7.13. The highest BCUT2D eigenvalue weighted by Gasteiger charge is 2.40. The van der Waals surface area contributed by atoms with E-state index in [9.17, 15) is 14.3 Å². The molecule has 1 aromatic carbocycles.